The van der Waals surface area contributed by atoms with Gasteiger partial charge >= 0.3 is 0 Å². The lowest BCUT2D eigenvalue weighted by Gasteiger charge is -2.31. The molecule has 0 saturated heterocycles. The topological polar surface area (TPSA) is 40.5 Å². The van der Waals surface area contributed by atoms with Crippen LogP contribution in [-0.4, -0.2) is 10.2 Å². The molecule has 30 heavy (non-hydrogen) atoms. The second kappa shape index (κ2) is 6.40. The first-order chi connectivity index (χ1) is 14.6. The molecule has 0 aromatic heterocycles. The monoisotopic (exact) mass is 390 g/mol. The number of benzene rings is 4. The van der Waals surface area contributed by atoms with E-state index in [1.54, 1.807) is 0 Å². The lowest BCUT2D eigenvalue weighted by Crippen LogP contribution is -2.24. The first-order valence-corrected chi connectivity index (χ1v) is 10.5. The minimum Gasteiger partial charge on any atom is -0.388 e. The van der Waals surface area contributed by atoms with Crippen molar-refractivity contribution in [2.24, 2.45) is 5.92 Å². The largest absolute Gasteiger partial charge is 0.388 e. The maximum absolute atomic E-state index is 11.6. The third-order valence-electron chi connectivity index (χ3n) is 6.76. The van der Waals surface area contributed by atoms with Gasteiger partial charge in [-0.15, -0.1) is 0 Å². The van der Waals surface area contributed by atoms with Gasteiger partial charge in [-0.1, -0.05) is 91.0 Å². The van der Waals surface area contributed by atoms with E-state index in [0.29, 0.717) is 6.42 Å². The SMILES string of the molecule is O[C@@H]1c2cccc3cccc(c23)C2=CC(O)(c3ccc(-c4ccccc4)cc3)C[C@H]21. The summed E-state index contributed by atoms with van der Waals surface area (Å²) in [4.78, 5) is 0. The van der Waals surface area contributed by atoms with Crippen molar-refractivity contribution in [3.8, 4) is 11.1 Å². The molecule has 0 aliphatic heterocycles. The molecule has 2 heteroatoms. The highest BCUT2D eigenvalue weighted by atomic mass is 16.3. The molecule has 0 saturated carbocycles. The van der Waals surface area contributed by atoms with Crippen molar-refractivity contribution >= 4 is 16.3 Å². The zero-order chi connectivity index (χ0) is 20.3. The van der Waals surface area contributed by atoms with Crippen LogP contribution in [0.4, 0.5) is 0 Å². The smallest absolute Gasteiger partial charge is 0.109 e. The fraction of sp³-hybridized carbons (Fsp3) is 0.143. The highest BCUT2D eigenvalue weighted by molar-refractivity contribution is 5.99. The highest BCUT2D eigenvalue weighted by Gasteiger charge is 2.45. The molecule has 0 spiro atoms. The molecule has 146 valence electrons. The molecule has 3 atom stereocenters. The van der Waals surface area contributed by atoms with Crippen LogP contribution in [0.3, 0.4) is 0 Å². The van der Waals surface area contributed by atoms with Crippen LogP contribution in [0.2, 0.25) is 0 Å². The highest BCUT2D eigenvalue weighted by Crippen LogP contribution is 2.54. The van der Waals surface area contributed by atoms with Gasteiger partial charge in [0, 0.05) is 5.92 Å². The molecule has 1 unspecified atom stereocenters. The van der Waals surface area contributed by atoms with E-state index in [-0.39, 0.29) is 5.92 Å². The van der Waals surface area contributed by atoms with Crippen LogP contribution >= 0.6 is 0 Å². The van der Waals surface area contributed by atoms with E-state index in [9.17, 15) is 10.2 Å². The van der Waals surface area contributed by atoms with Crippen LogP contribution < -0.4 is 0 Å². The summed E-state index contributed by atoms with van der Waals surface area (Å²) >= 11 is 0. The summed E-state index contributed by atoms with van der Waals surface area (Å²) in [5.41, 5.74) is 5.23. The second-order valence-electron chi connectivity index (χ2n) is 8.47. The molecule has 4 aromatic carbocycles. The van der Waals surface area contributed by atoms with Crippen molar-refractivity contribution < 1.29 is 10.2 Å². The summed E-state index contributed by atoms with van der Waals surface area (Å²) in [5, 5.41) is 25.0. The minimum atomic E-state index is -1.08. The summed E-state index contributed by atoms with van der Waals surface area (Å²) in [5.74, 6) is -0.107. The lowest BCUT2D eigenvalue weighted by atomic mass is 9.77. The zero-order valence-corrected chi connectivity index (χ0v) is 16.5. The Morgan fingerprint density at radius 3 is 2.20 bits per heavy atom. The Morgan fingerprint density at radius 2 is 1.43 bits per heavy atom. The molecule has 4 aromatic rings. The number of fused-ring (bicyclic) bond motifs is 2. The van der Waals surface area contributed by atoms with Crippen LogP contribution in [-0.2, 0) is 5.60 Å². The molecular weight excluding hydrogens is 368 g/mol. The first kappa shape index (κ1) is 17.6. The fourth-order valence-electron chi connectivity index (χ4n) is 5.28. The van der Waals surface area contributed by atoms with Crippen molar-refractivity contribution in [2.45, 2.75) is 18.1 Å². The van der Waals surface area contributed by atoms with E-state index >= 15 is 0 Å². The summed E-state index contributed by atoms with van der Waals surface area (Å²) in [6, 6.07) is 30.7. The van der Waals surface area contributed by atoms with E-state index in [4.69, 9.17) is 0 Å². The molecule has 0 fully saturated rings. The number of hydrogen-bond donors (Lipinski definition) is 2. The van der Waals surface area contributed by atoms with Gasteiger partial charge in [-0.2, -0.15) is 0 Å². The summed E-state index contributed by atoms with van der Waals surface area (Å²) in [6.07, 6.45) is 1.86. The Balaban J connectivity index is 1.44. The van der Waals surface area contributed by atoms with Gasteiger partial charge in [-0.3, -0.25) is 0 Å². The maximum Gasteiger partial charge on any atom is 0.109 e. The normalized spacial score (nSPS) is 24.5. The third kappa shape index (κ3) is 2.51. The molecule has 6 rings (SSSR count). The molecule has 2 N–H and O–H groups in total. The van der Waals surface area contributed by atoms with Gasteiger partial charge in [0.05, 0.1) is 6.10 Å². The van der Waals surface area contributed by atoms with Crippen LogP contribution in [0.5, 0.6) is 0 Å². The van der Waals surface area contributed by atoms with E-state index in [2.05, 4.69) is 48.5 Å². The number of hydrogen-bond acceptors (Lipinski definition) is 2. The van der Waals surface area contributed by atoms with Crippen LogP contribution in [0.25, 0.3) is 27.5 Å². The Kier molecular flexibility index (Phi) is 3.76. The molecule has 2 aliphatic rings. The number of aliphatic hydroxyl groups excluding tert-OH is 1. The minimum absolute atomic E-state index is 0.107. The van der Waals surface area contributed by atoms with Gasteiger partial charge in [0.1, 0.15) is 5.60 Å². The van der Waals surface area contributed by atoms with Crippen molar-refractivity contribution in [2.75, 3.05) is 0 Å². The van der Waals surface area contributed by atoms with Crippen molar-refractivity contribution in [1.82, 2.24) is 0 Å². The average Bonchev–Trinajstić information content (AvgIpc) is 3.17. The van der Waals surface area contributed by atoms with Crippen LogP contribution in [0.1, 0.15) is 29.2 Å². The van der Waals surface area contributed by atoms with Crippen molar-refractivity contribution in [1.29, 1.82) is 0 Å². The number of aliphatic hydroxyl groups is 2. The summed E-state index contributed by atoms with van der Waals surface area (Å²) in [6.45, 7) is 0. The fourth-order valence-corrected chi connectivity index (χ4v) is 5.28. The van der Waals surface area contributed by atoms with Crippen LogP contribution in [0.15, 0.2) is 97.1 Å². The van der Waals surface area contributed by atoms with Gasteiger partial charge < -0.3 is 10.2 Å². The maximum atomic E-state index is 11.6. The molecule has 0 bridgehead atoms. The van der Waals surface area contributed by atoms with E-state index in [1.165, 1.54) is 0 Å². The van der Waals surface area contributed by atoms with Gasteiger partial charge in [0.15, 0.2) is 0 Å². The summed E-state index contributed by atoms with van der Waals surface area (Å²) < 4.78 is 0. The van der Waals surface area contributed by atoms with Gasteiger partial charge in [0.25, 0.3) is 0 Å². The van der Waals surface area contributed by atoms with E-state index < -0.39 is 11.7 Å². The second-order valence-corrected chi connectivity index (χ2v) is 8.47. The number of rotatable bonds is 2. The van der Waals surface area contributed by atoms with Crippen LogP contribution in [0, 0.1) is 5.92 Å². The molecule has 0 radical (unpaired) electrons. The Labute approximate surface area is 175 Å². The molecule has 0 heterocycles. The predicted octanol–water partition coefficient (Wildman–Crippen LogP) is 5.84. The molecule has 0 amide bonds. The Bertz CT molecular complexity index is 1280. The van der Waals surface area contributed by atoms with E-state index in [0.717, 1.165) is 44.2 Å². The van der Waals surface area contributed by atoms with Crippen molar-refractivity contribution in [3.63, 3.8) is 0 Å². The molecular formula is C28H22O2. The zero-order valence-electron chi connectivity index (χ0n) is 16.5. The van der Waals surface area contributed by atoms with Gasteiger partial charge in [-0.05, 0) is 56.7 Å². The summed E-state index contributed by atoms with van der Waals surface area (Å²) in [7, 11) is 0. The first-order valence-electron chi connectivity index (χ1n) is 10.5. The molecule has 2 aliphatic carbocycles. The van der Waals surface area contributed by atoms with Crippen molar-refractivity contribution in [3.05, 3.63) is 114 Å². The standard InChI is InChI=1S/C28H22O2/c29-27-23-11-5-9-20-8-4-10-22(26(20)23)24-16-28(30,17-25(24)27)21-14-12-19(13-15-21)18-6-2-1-3-7-18/h1-16,25,27,29-30H,17H2/t25-,27-,28?/m1/s1. The quantitative estimate of drug-likeness (QED) is 0.451. The van der Waals surface area contributed by atoms with E-state index in [1.807, 2.05) is 48.5 Å². The predicted molar refractivity (Wildman–Crippen MR) is 121 cm³/mol. The van der Waals surface area contributed by atoms with Gasteiger partial charge in [0.2, 0.25) is 0 Å². The molecule has 2 nitrogen and oxygen atoms in total. The lowest BCUT2D eigenvalue weighted by molar-refractivity contribution is 0.0488. The third-order valence-corrected chi connectivity index (χ3v) is 6.76. The Morgan fingerprint density at radius 1 is 0.733 bits per heavy atom. The Hall–Kier alpha value is -3.20. The average molecular weight is 390 g/mol. The van der Waals surface area contributed by atoms with Gasteiger partial charge in [-0.25, -0.2) is 0 Å².